The lowest BCUT2D eigenvalue weighted by Gasteiger charge is -2.15. The summed E-state index contributed by atoms with van der Waals surface area (Å²) >= 11 is 6.03. The van der Waals surface area contributed by atoms with Crippen molar-refractivity contribution in [2.24, 2.45) is 5.92 Å². The minimum atomic E-state index is 0.534. The molecule has 1 N–H and O–H groups in total. The second-order valence-corrected chi connectivity index (χ2v) is 5.13. The lowest BCUT2D eigenvalue weighted by atomic mass is 10.0. The lowest BCUT2D eigenvalue weighted by molar-refractivity contribution is 0.450. The Morgan fingerprint density at radius 2 is 2.06 bits per heavy atom. The summed E-state index contributed by atoms with van der Waals surface area (Å²) in [5, 5.41) is 4.22. The number of pyridine rings is 1. The molecule has 0 aliphatic carbocycles. The number of aromatic nitrogens is 1. The first kappa shape index (κ1) is 13.5. The predicted octanol–water partition coefficient (Wildman–Crippen LogP) is 3.65. The summed E-state index contributed by atoms with van der Waals surface area (Å²) in [6.07, 6.45) is 5.94. The van der Waals surface area contributed by atoms with Gasteiger partial charge in [-0.15, -0.1) is 0 Å². The molecule has 1 aromatic heterocycles. The van der Waals surface area contributed by atoms with Gasteiger partial charge in [0, 0.05) is 25.0 Å². The molecule has 1 unspecified atom stereocenters. The molecule has 0 aliphatic heterocycles. The van der Waals surface area contributed by atoms with Gasteiger partial charge >= 0.3 is 0 Å². The van der Waals surface area contributed by atoms with Gasteiger partial charge in [-0.3, -0.25) is 4.98 Å². The maximum absolute atomic E-state index is 6.03. The number of rotatable bonds is 6. The smallest absolute Gasteiger partial charge is 0.0634 e. The molecule has 0 saturated heterocycles. The first-order valence-electron chi connectivity index (χ1n) is 5.91. The van der Waals surface area contributed by atoms with Gasteiger partial charge in [0.1, 0.15) is 0 Å². The standard InChI is InChI=1S/C13H21ClN2/c1-10(2)4-5-11(3)16-8-12-6-7-15-9-13(12)14/h6-7,9-11,16H,4-5,8H2,1-3H3. The predicted molar refractivity (Wildman–Crippen MR) is 69.6 cm³/mol. The Morgan fingerprint density at radius 3 is 2.69 bits per heavy atom. The average Bonchev–Trinajstić information content (AvgIpc) is 2.25. The highest BCUT2D eigenvalue weighted by molar-refractivity contribution is 6.31. The second kappa shape index (κ2) is 6.87. The first-order chi connectivity index (χ1) is 7.59. The van der Waals surface area contributed by atoms with Crippen LogP contribution in [0.3, 0.4) is 0 Å². The third-order valence-electron chi connectivity index (χ3n) is 2.67. The van der Waals surface area contributed by atoms with Crippen molar-refractivity contribution in [3.63, 3.8) is 0 Å². The van der Waals surface area contributed by atoms with E-state index in [1.165, 1.54) is 12.8 Å². The van der Waals surface area contributed by atoms with Gasteiger partial charge in [-0.2, -0.15) is 0 Å². The van der Waals surface area contributed by atoms with Crippen molar-refractivity contribution in [3.05, 3.63) is 29.0 Å². The molecule has 0 amide bonds. The van der Waals surface area contributed by atoms with Gasteiger partial charge in [-0.25, -0.2) is 0 Å². The minimum Gasteiger partial charge on any atom is -0.310 e. The van der Waals surface area contributed by atoms with E-state index in [9.17, 15) is 0 Å². The molecule has 16 heavy (non-hydrogen) atoms. The zero-order valence-electron chi connectivity index (χ0n) is 10.3. The first-order valence-corrected chi connectivity index (χ1v) is 6.29. The van der Waals surface area contributed by atoms with Crippen LogP contribution in [0.1, 0.15) is 39.2 Å². The Balaban J connectivity index is 2.31. The molecule has 3 heteroatoms. The monoisotopic (exact) mass is 240 g/mol. The Morgan fingerprint density at radius 1 is 1.31 bits per heavy atom. The van der Waals surface area contributed by atoms with Crippen molar-refractivity contribution in [2.45, 2.75) is 46.2 Å². The van der Waals surface area contributed by atoms with E-state index in [1.807, 2.05) is 6.07 Å². The summed E-state index contributed by atoms with van der Waals surface area (Å²) in [5.74, 6) is 0.772. The van der Waals surface area contributed by atoms with Crippen molar-refractivity contribution in [1.82, 2.24) is 10.3 Å². The molecule has 1 heterocycles. The molecule has 1 rings (SSSR count). The maximum atomic E-state index is 6.03. The molecule has 0 aliphatic rings. The largest absolute Gasteiger partial charge is 0.310 e. The zero-order chi connectivity index (χ0) is 12.0. The van der Waals surface area contributed by atoms with Crippen LogP contribution in [0, 0.1) is 5.92 Å². The maximum Gasteiger partial charge on any atom is 0.0634 e. The highest BCUT2D eigenvalue weighted by Gasteiger charge is 2.05. The van der Waals surface area contributed by atoms with Crippen LogP contribution < -0.4 is 5.32 Å². The van der Waals surface area contributed by atoms with Gasteiger partial charge in [0.05, 0.1) is 5.02 Å². The lowest BCUT2D eigenvalue weighted by Crippen LogP contribution is -2.25. The van der Waals surface area contributed by atoms with Crippen LogP contribution in [-0.2, 0) is 6.54 Å². The normalized spacial score (nSPS) is 13.1. The second-order valence-electron chi connectivity index (χ2n) is 4.72. The third kappa shape index (κ3) is 4.95. The fraction of sp³-hybridized carbons (Fsp3) is 0.615. The molecule has 0 aromatic carbocycles. The van der Waals surface area contributed by atoms with Crippen LogP contribution in [0.5, 0.6) is 0 Å². The fourth-order valence-corrected chi connectivity index (χ4v) is 1.70. The summed E-state index contributed by atoms with van der Waals surface area (Å²) in [6.45, 7) is 7.55. The Hall–Kier alpha value is -0.600. The van der Waals surface area contributed by atoms with Crippen molar-refractivity contribution in [3.8, 4) is 0 Å². The molecule has 0 spiro atoms. The summed E-state index contributed by atoms with van der Waals surface area (Å²) < 4.78 is 0. The SMILES string of the molecule is CC(C)CCC(C)NCc1ccncc1Cl. The molecular formula is C13H21ClN2. The van der Waals surface area contributed by atoms with Gasteiger partial charge in [0.2, 0.25) is 0 Å². The van der Waals surface area contributed by atoms with Gasteiger partial charge in [-0.05, 0) is 37.3 Å². The van der Waals surface area contributed by atoms with Crippen LogP contribution in [0.25, 0.3) is 0 Å². The van der Waals surface area contributed by atoms with Crippen LogP contribution in [0.2, 0.25) is 5.02 Å². The molecular weight excluding hydrogens is 220 g/mol. The van der Waals surface area contributed by atoms with Crippen LogP contribution in [0.4, 0.5) is 0 Å². The van der Waals surface area contributed by atoms with Gasteiger partial charge < -0.3 is 5.32 Å². The molecule has 2 nitrogen and oxygen atoms in total. The molecule has 0 bridgehead atoms. The zero-order valence-corrected chi connectivity index (χ0v) is 11.1. The van der Waals surface area contributed by atoms with E-state index in [-0.39, 0.29) is 0 Å². The minimum absolute atomic E-state index is 0.534. The number of hydrogen-bond acceptors (Lipinski definition) is 2. The van der Waals surface area contributed by atoms with Crippen molar-refractivity contribution >= 4 is 11.6 Å². The highest BCUT2D eigenvalue weighted by atomic mass is 35.5. The van der Waals surface area contributed by atoms with Crippen LogP contribution in [0.15, 0.2) is 18.5 Å². The van der Waals surface area contributed by atoms with Gasteiger partial charge in [-0.1, -0.05) is 25.4 Å². The topological polar surface area (TPSA) is 24.9 Å². The average molecular weight is 241 g/mol. The quantitative estimate of drug-likeness (QED) is 0.821. The van der Waals surface area contributed by atoms with Gasteiger partial charge in [0.15, 0.2) is 0 Å². The third-order valence-corrected chi connectivity index (χ3v) is 3.01. The number of nitrogens with zero attached hydrogens (tertiary/aromatic N) is 1. The van der Waals surface area contributed by atoms with Crippen LogP contribution >= 0.6 is 11.6 Å². The molecule has 90 valence electrons. The number of hydrogen-bond donors (Lipinski definition) is 1. The Bertz CT molecular complexity index is 313. The van der Waals surface area contributed by atoms with E-state index < -0.39 is 0 Å². The van der Waals surface area contributed by atoms with E-state index in [2.05, 4.69) is 31.1 Å². The fourth-order valence-electron chi connectivity index (χ4n) is 1.52. The summed E-state index contributed by atoms with van der Waals surface area (Å²) in [4.78, 5) is 3.97. The Kier molecular flexibility index (Phi) is 5.78. The molecule has 1 aromatic rings. The van der Waals surface area contributed by atoms with Crippen LogP contribution in [-0.4, -0.2) is 11.0 Å². The van der Waals surface area contributed by atoms with Crippen molar-refractivity contribution < 1.29 is 0 Å². The highest BCUT2D eigenvalue weighted by Crippen LogP contribution is 2.13. The molecule has 0 radical (unpaired) electrons. The van der Waals surface area contributed by atoms with Crippen molar-refractivity contribution in [2.75, 3.05) is 0 Å². The van der Waals surface area contributed by atoms with E-state index in [0.29, 0.717) is 6.04 Å². The van der Waals surface area contributed by atoms with Crippen molar-refractivity contribution in [1.29, 1.82) is 0 Å². The number of halogens is 1. The summed E-state index contributed by atoms with van der Waals surface area (Å²) in [6, 6.07) is 2.50. The molecule has 0 saturated carbocycles. The van der Waals surface area contributed by atoms with E-state index >= 15 is 0 Å². The Labute approximate surface area is 103 Å². The summed E-state index contributed by atoms with van der Waals surface area (Å²) in [7, 11) is 0. The number of nitrogens with one attached hydrogen (secondary N) is 1. The van der Waals surface area contributed by atoms with E-state index in [0.717, 1.165) is 23.0 Å². The summed E-state index contributed by atoms with van der Waals surface area (Å²) in [5.41, 5.74) is 1.12. The van der Waals surface area contributed by atoms with E-state index in [1.54, 1.807) is 12.4 Å². The molecule has 0 fully saturated rings. The van der Waals surface area contributed by atoms with E-state index in [4.69, 9.17) is 11.6 Å². The molecule has 1 atom stereocenters. The van der Waals surface area contributed by atoms with Gasteiger partial charge in [0.25, 0.3) is 0 Å².